The van der Waals surface area contributed by atoms with Gasteiger partial charge in [-0.1, -0.05) is 60.7 Å². The molecule has 0 saturated heterocycles. The highest BCUT2D eigenvalue weighted by Crippen LogP contribution is 2.68. The molecule has 2 N–H and O–H groups in total. The lowest BCUT2D eigenvalue weighted by atomic mass is 9.92. The van der Waals surface area contributed by atoms with Crippen molar-refractivity contribution in [1.82, 2.24) is 0 Å². The van der Waals surface area contributed by atoms with Gasteiger partial charge in [-0.05, 0) is 22.4 Å². The van der Waals surface area contributed by atoms with Gasteiger partial charge in [0, 0.05) is 27.6 Å². The lowest BCUT2D eigenvalue weighted by molar-refractivity contribution is 0.482. The van der Waals surface area contributed by atoms with Gasteiger partial charge in [-0.25, -0.2) is 0 Å². The molecule has 4 nitrogen and oxygen atoms in total. The van der Waals surface area contributed by atoms with Crippen LogP contribution in [0.25, 0.3) is 21.5 Å². The molecule has 1 aliphatic carbocycles. The van der Waals surface area contributed by atoms with E-state index >= 15 is 0 Å². The molecule has 5 heteroatoms. The van der Waals surface area contributed by atoms with Gasteiger partial charge < -0.3 is 5.32 Å². The number of hydrogen-bond acceptors (Lipinski definition) is 3. The van der Waals surface area contributed by atoms with Crippen LogP contribution < -0.4 is 5.32 Å². The van der Waals surface area contributed by atoms with Crippen LogP contribution in [-0.2, 0) is 15.7 Å². The fourth-order valence-corrected chi connectivity index (χ4v) is 5.45. The van der Waals surface area contributed by atoms with Crippen LogP contribution in [0.2, 0.25) is 0 Å². The predicted molar refractivity (Wildman–Crippen MR) is 101 cm³/mol. The minimum absolute atomic E-state index is 0.00555. The lowest BCUT2D eigenvalue weighted by Crippen LogP contribution is -2.31. The van der Waals surface area contributed by atoms with Crippen molar-refractivity contribution in [2.75, 3.05) is 5.32 Å². The standard InChI is InChI=1S/C21H13NO3S/c23-26(24,25)20-15-8-4-1-5-12(15)9-10-16(20)21-17-11-13-6-2-3-7-14(13)19(22-21)18(17)21/h1-11,22H,(H,23,24,25). The first kappa shape index (κ1) is 14.3. The Morgan fingerprint density at radius 1 is 0.808 bits per heavy atom. The van der Waals surface area contributed by atoms with E-state index in [0.717, 1.165) is 33.0 Å². The van der Waals surface area contributed by atoms with Gasteiger partial charge in [0.25, 0.3) is 10.1 Å². The molecule has 0 amide bonds. The molecule has 0 spiro atoms. The van der Waals surface area contributed by atoms with E-state index < -0.39 is 15.7 Å². The number of benzene rings is 4. The monoisotopic (exact) mass is 359 g/mol. The molecular weight excluding hydrogens is 346 g/mol. The highest BCUT2D eigenvalue weighted by molar-refractivity contribution is 7.86. The summed E-state index contributed by atoms with van der Waals surface area (Å²) in [6.45, 7) is 0. The molecular formula is C21H13NO3S. The zero-order valence-corrected chi connectivity index (χ0v) is 14.3. The van der Waals surface area contributed by atoms with Gasteiger partial charge in [0.2, 0.25) is 0 Å². The number of fused-ring (bicyclic) bond motifs is 4. The minimum Gasteiger partial charge on any atom is -0.367 e. The molecule has 126 valence electrons. The molecule has 1 atom stereocenters. The number of anilines is 1. The topological polar surface area (TPSA) is 66.4 Å². The lowest BCUT2D eigenvalue weighted by Gasteiger charge is -2.30. The number of hydrogen-bond donors (Lipinski definition) is 2. The first-order chi connectivity index (χ1) is 12.5. The molecule has 0 fully saturated rings. The molecule has 6 rings (SSSR count). The third kappa shape index (κ3) is 1.51. The summed E-state index contributed by atoms with van der Waals surface area (Å²) < 4.78 is 34.5. The molecule has 4 aromatic carbocycles. The van der Waals surface area contributed by atoms with Crippen molar-refractivity contribution in [2.24, 2.45) is 0 Å². The van der Waals surface area contributed by atoms with Crippen molar-refractivity contribution in [1.29, 1.82) is 0 Å². The Bertz CT molecular complexity index is 1390. The molecule has 26 heavy (non-hydrogen) atoms. The molecule has 0 radical (unpaired) electrons. The smallest absolute Gasteiger partial charge is 0.295 e. The fourth-order valence-electron chi connectivity index (χ4n) is 4.49. The van der Waals surface area contributed by atoms with E-state index in [2.05, 4.69) is 23.5 Å². The Morgan fingerprint density at radius 3 is 2.27 bits per heavy atom. The Balaban J connectivity index is 1.69. The normalized spacial score (nSPS) is 19.7. The zero-order chi connectivity index (χ0) is 17.7. The molecule has 1 heterocycles. The average Bonchev–Trinajstić information content (AvgIpc) is 3.18. The second kappa shape index (κ2) is 4.26. The van der Waals surface area contributed by atoms with Crippen LogP contribution in [0.3, 0.4) is 0 Å². The van der Waals surface area contributed by atoms with Crippen molar-refractivity contribution < 1.29 is 13.0 Å². The van der Waals surface area contributed by atoms with E-state index in [-0.39, 0.29) is 4.90 Å². The average molecular weight is 359 g/mol. The number of rotatable bonds is 2. The zero-order valence-electron chi connectivity index (χ0n) is 13.5. The van der Waals surface area contributed by atoms with E-state index in [1.54, 1.807) is 12.1 Å². The van der Waals surface area contributed by atoms with E-state index in [1.165, 1.54) is 0 Å². The molecule has 1 aliphatic heterocycles. The van der Waals surface area contributed by atoms with Crippen molar-refractivity contribution in [3.05, 3.63) is 83.4 Å². The van der Waals surface area contributed by atoms with Crippen molar-refractivity contribution in [3.63, 3.8) is 0 Å². The van der Waals surface area contributed by atoms with Gasteiger partial charge in [-0.15, -0.1) is 0 Å². The Labute approximate surface area is 149 Å². The highest BCUT2D eigenvalue weighted by Gasteiger charge is 2.63. The highest BCUT2D eigenvalue weighted by atomic mass is 32.2. The summed E-state index contributed by atoms with van der Waals surface area (Å²) in [4.78, 5) is -0.00555. The maximum atomic E-state index is 12.3. The molecule has 0 bridgehead atoms. The first-order valence-corrected chi connectivity index (χ1v) is 9.80. The second-order valence-corrected chi connectivity index (χ2v) is 8.27. The molecule has 4 aromatic rings. The SMILES string of the molecule is O=S(=O)(O)c1c(C23Nc4c2c3cc2ccccc42)ccc2ccccc12. The van der Waals surface area contributed by atoms with Crippen LogP contribution >= 0.6 is 0 Å². The predicted octanol–water partition coefficient (Wildman–Crippen LogP) is 4.27. The summed E-state index contributed by atoms with van der Waals surface area (Å²) in [5.74, 6) is 0. The molecule has 1 unspecified atom stereocenters. The van der Waals surface area contributed by atoms with Gasteiger partial charge in [0.05, 0.1) is 0 Å². The van der Waals surface area contributed by atoms with Crippen molar-refractivity contribution >= 4 is 37.4 Å². The summed E-state index contributed by atoms with van der Waals surface area (Å²) in [5.41, 5.74) is 3.29. The summed E-state index contributed by atoms with van der Waals surface area (Å²) in [7, 11) is -4.38. The van der Waals surface area contributed by atoms with Crippen LogP contribution in [0.1, 0.15) is 16.7 Å². The van der Waals surface area contributed by atoms with Gasteiger partial charge >= 0.3 is 0 Å². The molecule has 0 aromatic heterocycles. The van der Waals surface area contributed by atoms with Crippen LogP contribution in [0.15, 0.2) is 71.6 Å². The maximum Gasteiger partial charge on any atom is 0.295 e. The minimum atomic E-state index is -4.38. The largest absolute Gasteiger partial charge is 0.367 e. The van der Waals surface area contributed by atoms with E-state index in [0.29, 0.717) is 10.9 Å². The number of nitrogens with one attached hydrogen (secondary N) is 1. The second-order valence-electron chi connectivity index (χ2n) is 6.91. The summed E-state index contributed by atoms with van der Waals surface area (Å²) in [5, 5.41) is 7.07. The molecule has 0 saturated carbocycles. The molecule has 2 aliphatic rings. The Hall–Kier alpha value is -2.89. The van der Waals surface area contributed by atoms with Crippen LogP contribution in [0, 0.1) is 0 Å². The summed E-state index contributed by atoms with van der Waals surface area (Å²) >= 11 is 0. The van der Waals surface area contributed by atoms with E-state index in [4.69, 9.17) is 0 Å². The third-order valence-electron chi connectivity index (χ3n) is 5.62. The quantitative estimate of drug-likeness (QED) is 0.525. The van der Waals surface area contributed by atoms with Gasteiger partial charge in [-0.3, -0.25) is 4.55 Å². The van der Waals surface area contributed by atoms with Crippen LogP contribution in [0.4, 0.5) is 5.69 Å². The Kier molecular flexibility index (Phi) is 2.34. The maximum absolute atomic E-state index is 12.3. The fraction of sp³-hybridized carbons (Fsp3) is 0.0476. The van der Waals surface area contributed by atoms with Gasteiger partial charge in [0.15, 0.2) is 0 Å². The van der Waals surface area contributed by atoms with Gasteiger partial charge in [0.1, 0.15) is 10.4 Å². The summed E-state index contributed by atoms with van der Waals surface area (Å²) in [6, 6.07) is 21.2. The first-order valence-electron chi connectivity index (χ1n) is 8.36. The Morgan fingerprint density at radius 2 is 1.50 bits per heavy atom. The summed E-state index contributed by atoms with van der Waals surface area (Å²) in [6.07, 6.45) is 0. The van der Waals surface area contributed by atoms with E-state index in [9.17, 15) is 13.0 Å². The van der Waals surface area contributed by atoms with Crippen LogP contribution in [0.5, 0.6) is 0 Å². The van der Waals surface area contributed by atoms with Crippen LogP contribution in [-0.4, -0.2) is 13.0 Å². The van der Waals surface area contributed by atoms with Gasteiger partial charge in [-0.2, -0.15) is 8.42 Å². The van der Waals surface area contributed by atoms with Crippen molar-refractivity contribution in [2.45, 2.75) is 10.4 Å². The van der Waals surface area contributed by atoms with Crippen molar-refractivity contribution in [3.8, 4) is 0 Å². The third-order valence-corrected chi connectivity index (χ3v) is 6.58. The van der Waals surface area contributed by atoms with E-state index in [1.807, 2.05) is 36.4 Å².